The molecule has 0 aromatic heterocycles. The second kappa shape index (κ2) is 6.94. The fourth-order valence-corrected chi connectivity index (χ4v) is 4.66. The van der Waals surface area contributed by atoms with Crippen molar-refractivity contribution in [1.29, 1.82) is 0 Å². The SMILES string of the molecule is CCC(C)c1ccc(OC(CC(C)C)C2(C)CC3C=CC2C3)cc1. The van der Waals surface area contributed by atoms with E-state index in [1.807, 2.05) is 0 Å². The van der Waals surface area contributed by atoms with E-state index in [1.54, 1.807) is 0 Å². The first-order valence-electron chi connectivity index (χ1n) is 9.87. The van der Waals surface area contributed by atoms with E-state index in [2.05, 4.69) is 71.0 Å². The normalized spacial score (nSPS) is 30.8. The maximum absolute atomic E-state index is 6.60. The van der Waals surface area contributed by atoms with Crippen molar-refractivity contribution in [3.8, 4) is 5.75 Å². The lowest BCUT2D eigenvalue weighted by Crippen LogP contribution is -2.41. The second-order valence-electron chi connectivity index (χ2n) is 8.81. The minimum Gasteiger partial charge on any atom is -0.490 e. The van der Waals surface area contributed by atoms with Crippen molar-refractivity contribution < 1.29 is 4.74 Å². The molecule has 2 bridgehead atoms. The molecule has 0 aliphatic heterocycles. The molecule has 5 unspecified atom stereocenters. The largest absolute Gasteiger partial charge is 0.490 e. The summed E-state index contributed by atoms with van der Waals surface area (Å²) in [6.45, 7) is 11.6. The lowest BCUT2D eigenvalue weighted by atomic mass is 9.71. The Kier molecular flexibility index (Phi) is 5.08. The Bertz CT molecular complexity index is 570. The molecular formula is C23H34O. The molecule has 2 aliphatic rings. The van der Waals surface area contributed by atoms with Gasteiger partial charge < -0.3 is 4.74 Å². The lowest BCUT2D eigenvalue weighted by Gasteiger charge is -2.40. The van der Waals surface area contributed by atoms with E-state index < -0.39 is 0 Å². The summed E-state index contributed by atoms with van der Waals surface area (Å²) in [6.07, 6.45) is 10.1. The predicted molar refractivity (Wildman–Crippen MR) is 102 cm³/mol. The topological polar surface area (TPSA) is 9.23 Å². The molecule has 0 radical (unpaired) electrons. The Balaban J connectivity index is 1.76. The standard InChI is InChI=1S/C23H34O/c1-6-17(4)19-8-11-21(12-9-19)24-22(13-16(2)3)23(5)15-18-7-10-20(23)14-18/h7-12,16-18,20,22H,6,13-15H2,1-5H3. The number of allylic oxidation sites excluding steroid dienone is 2. The highest BCUT2D eigenvalue weighted by Gasteiger charge is 2.50. The van der Waals surface area contributed by atoms with Crippen LogP contribution in [-0.4, -0.2) is 6.10 Å². The second-order valence-corrected chi connectivity index (χ2v) is 8.81. The maximum Gasteiger partial charge on any atom is 0.119 e. The van der Waals surface area contributed by atoms with Gasteiger partial charge in [-0.2, -0.15) is 0 Å². The van der Waals surface area contributed by atoms with Crippen molar-refractivity contribution in [3.63, 3.8) is 0 Å². The molecule has 1 nitrogen and oxygen atoms in total. The molecule has 5 atom stereocenters. The summed E-state index contributed by atoms with van der Waals surface area (Å²) in [5.41, 5.74) is 1.71. The number of hydrogen-bond acceptors (Lipinski definition) is 1. The van der Waals surface area contributed by atoms with Gasteiger partial charge in [0.1, 0.15) is 11.9 Å². The number of fused-ring (bicyclic) bond motifs is 2. The molecule has 0 spiro atoms. The summed E-state index contributed by atoms with van der Waals surface area (Å²) in [7, 11) is 0. The summed E-state index contributed by atoms with van der Waals surface area (Å²) in [4.78, 5) is 0. The van der Waals surface area contributed by atoms with Gasteiger partial charge in [-0.05, 0) is 67.1 Å². The van der Waals surface area contributed by atoms with Crippen LogP contribution in [0.5, 0.6) is 5.75 Å². The first-order chi connectivity index (χ1) is 11.4. The van der Waals surface area contributed by atoms with Crippen LogP contribution >= 0.6 is 0 Å². The maximum atomic E-state index is 6.60. The van der Waals surface area contributed by atoms with Gasteiger partial charge in [0.2, 0.25) is 0 Å². The van der Waals surface area contributed by atoms with Crippen molar-refractivity contribution in [1.82, 2.24) is 0 Å². The van der Waals surface area contributed by atoms with Gasteiger partial charge in [0.25, 0.3) is 0 Å². The summed E-state index contributed by atoms with van der Waals surface area (Å²) in [5.74, 6) is 3.81. The van der Waals surface area contributed by atoms with Gasteiger partial charge in [-0.25, -0.2) is 0 Å². The molecule has 2 aliphatic carbocycles. The van der Waals surface area contributed by atoms with Gasteiger partial charge in [-0.15, -0.1) is 0 Å². The molecule has 1 aromatic carbocycles. The van der Waals surface area contributed by atoms with Crippen LogP contribution in [0, 0.1) is 23.2 Å². The minimum atomic E-state index is 0.291. The molecule has 24 heavy (non-hydrogen) atoms. The van der Waals surface area contributed by atoms with Crippen LogP contribution in [0.1, 0.15) is 71.8 Å². The molecular weight excluding hydrogens is 292 g/mol. The zero-order chi connectivity index (χ0) is 17.3. The monoisotopic (exact) mass is 326 g/mol. The average Bonchev–Trinajstić information content (AvgIpc) is 3.14. The first-order valence-corrected chi connectivity index (χ1v) is 9.87. The Morgan fingerprint density at radius 3 is 2.33 bits per heavy atom. The zero-order valence-electron chi connectivity index (χ0n) is 16.1. The molecule has 1 fully saturated rings. The third-order valence-electron chi connectivity index (χ3n) is 6.48. The molecule has 0 amide bonds. The van der Waals surface area contributed by atoms with Crippen LogP contribution in [0.25, 0.3) is 0 Å². The number of ether oxygens (including phenoxy) is 1. The molecule has 132 valence electrons. The number of hydrogen-bond donors (Lipinski definition) is 0. The Morgan fingerprint density at radius 1 is 1.12 bits per heavy atom. The fraction of sp³-hybridized carbons (Fsp3) is 0.652. The lowest BCUT2D eigenvalue weighted by molar-refractivity contribution is 0.0237. The van der Waals surface area contributed by atoms with E-state index in [1.165, 1.54) is 24.8 Å². The quantitative estimate of drug-likeness (QED) is 0.513. The smallest absolute Gasteiger partial charge is 0.119 e. The highest BCUT2D eigenvalue weighted by molar-refractivity contribution is 5.30. The van der Waals surface area contributed by atoms with E-state index in [0.717, 1.165) is 18.1 Å². The van der Waals surface area contributed by atoms with E-state index >= 15 is 0 Å². The third-order valence-corrected chi connectivity index (χ3v) is 6.48. The molecule has 1 heteroatoms. The van der Waals surface area contributed by atoms with Crippen molar-refractivity contribution >= 4 is 0 Å². The predicted octanol–water partition coefficient (Wildman–Crippen LogP) is 6.60. The molecule has 0 heterocycles. The number of benzene rings is 1. The van der Waals surface area contributed by atoms with E-state index in [-0.39, 0.29) is 0 Å². The van der Waals surface area contributed by atoms with Gasteiger partial charge in [0, 0.05) is 5.41 Å². The molecule has 1 saturated carbocycles. The zero-order valence-corrected chi connectivity index (χ0v) is 16.1. The molecule has 1 aromatic rings. The summed E-state index contributed by atoms with van der Waals surface area (Å²) in [5, 5.41) is 0. The first kappa shape index (κ1) is 17.6. The molecule has 3 rings (SSSR count). The summed E-state index contributed by atoms with van der Waals surface area (Å²) >= 11 is 0. The Hall–Kier alpha value is -1.24. The summed E-state index contributed by atoms with van der Waals surface area (Å²) < 4.78 is 6.60. The van der Waals surface area contributed by atoms with Crippen LogP contribution < -0.4 is 4.74 Å². The van der Waals surface area contributed by atoms with Gasteiger partial charge >= 0.3 is 0 Å². The molecule has 0 saturated heterocycles. The van der Waals surface area contributed by atoms with Gasteiger partial charge in [0.15, 0.2) is 0 Å². The van der Waals surface area contributed by atoms with Crippen molar-refractivity contribution in [3.05, 3.63) is 42.0 Å². The van der Waals surface area contributed by atoms with Gasteiger partial charge in [0.05, 0.1) is 0 Å². The van der Waals surface area contributed by atoms with Crippen LogP contribution in [0.3, 0.4) is 0 Å². The van der Waals surface area contributed by atoms with E-state index in [9.17, 15) is 0 Å². The van der Waals surface area contributed by atoms with Crippen molar-refractivity contribution in [2.45, 2.75) is 72.3 Å². The van der Waals surface area contributed by atoms with Crippen LogP contribution in [0.2, 0.25) is 0 Å². The van der Waals surface area contributed by atoms with Gasteiger partial charge in [-0.1, -0.05) is 58.9 Å². The third kappa shape index (κ3) is 3.41. The number of rotatable bonds is 7. The van der Waals surface area contributed by atoms with Crippen molar-refractivity contribution in [2.24, 2.45) is 23.2 Å². The van der Waals surface area contributed by atoms with E-state index in [4.69, 9.17) is 4.74 Å². The average molecular weight is 327 g/mol. The van der Waals surface area contributed by atoms with E-state index in [0.29, 0.717) is 29.3 Å². The van der Waals surface area contributed by atoms with Crippen LogP contribution in [0.4, 0.5) is 0 Å². The molecule has 0 N–H and O–H groups in total. The Morgan fingerprint density at radius 2 is 1.83 bits per heavy atom. The summed E-state index contributed by atoms with van der Waals surface area (Å²) in [6, 6.07) is 8.86. The fourth-order valence-electron chi connectivity index (χ4n) is 4.66. The minimum absolute atomic E-state index is 0.291. The Labute approximate surface area is 148 Å². The van der Waals surface area contributed by atoms with Crippen LogP contribution in [-0.2, 0) is 0 Å². The van der Waals surface area contributed by atoms with Gasteiger partial charge in [-0.3, -0.25) is 0 Å². The highest BCUT2D eigenvalue weighted by atomic mass is 16.5. The van der Waals surface area contributed by atoms with Crippen LogP contribution in [0.15, 0.2) is 36.4 Å². The van der Waals surface area contributed by atoms with Crippen molar-refractivity contribution in [2.75, 3.05) is 0 Å². The highest BCUT2D eigenvalue weighted by Crippen LogP contribution is 2.55.